The predicted octanol–water partition coefficient (Wildman–Crippen LogP) is 4.72. The first kappa shape index (κ1) is 17.4. The Morgan fingerprint density at radius 3 is 2.52 bits per heavy atom. The number of benzene rings is 2. The number of ether oxygens (including phenoxy) is 2. The number of para-hydroxylation sites is 2. The van der Waals surface area contributed by atoms with Crippen LogP contribution < -0.4 is 14.8 Å². The molecule has 0 saturated heterocycles. The fraction of sp³-hybridized carbons (Fsp3) is 0.235. The lowest BCUT2D eigenvalue weighted by Gasteiger charge is -2.11. The molecule has 6 heteroatoms. The summed E-state index contributed by atoms with van der Waals surface area (Å²) in [6.45, 7) is 2.79. The second kappa shape index (κ2) is 8.65. The maximum atomic E-state index is 11.8. The van der Waals surface area contributed by atoms with Gasteiger partial charge in [0.15, 0.2) is 11.5 Å². The van der Waals surface area contributed by atoms with Crippen LogP contribution in [0.1, 0.15) is 12.5 Å². The summed E-state index contributed by atoms with van der Waals surface area (Å²) < 4.78 is 10.7. The van der Waals surface area contributed by atoms with E-state index in [0.717, 1.165) is 5.56 Å². The summed E-state index contributed by atoms with van der Waals surface area (Å²) in [6.07, 6.45) is 0.0937. The quantitative estimate of drug-likeness (QED) is 0.816. The van der Waals surface area contributed by atoms with Crippen LogP contribution in [0.3, 0.4) is 0 Å². The van der Waals surface area contributed by atoms with Gasteiger partial charge < -0.3 is 14.8 Å². The highest BCUT2D eigenvalue weighted by molar-refractivity contribution is 6.42. The molecule has 0 aliphatic rings. The lowest BCUT2D eigenvalue weighted by Crippen LogP contribution is -2.28. The molecule has 0 saturated carbocycles. The Labute approximate surface area is 145 Å². The summed E-state index contributed by atoms with van der Waals surface area (Å²) in [6, 6.07) is 12.4. The van der Waals surface area contributed by atoms with Crippen molar-refractivity contribution in [3.8, 4) is 11.5 Å². The van der Waals surface area contributed by atoms with Crippen LogP contribution in [-0.4, -0.2) is 19.2 Å². The molecule has 1 amide bonds. The third kappa shape index (κ3) is 5.34. The molecular weight excluding hydrogens is 337 g/mol. The van der Waals surface area contributed by atoms with Crippen molar-refractivity contribution in [2.75, 3.05) is 13.2 Å². The van der Waals surface area contributed by atoms with Crippen molar-refractivity contribution >= 4 is 29.3 Å². The van der Waals surface area contributed by atoms with Gasteiger partial charge in [-0.15, -0.1) is 0 Å². The summed E-state index contributed by atoms with van der Waals surface area (Å²) in [5.41, 5.74) is 0.981. The minimum Gasteiger partial charge on any atom is -0.490 e. The molecule has 0 radical (unpaired) electrons. The molecule has 1 N–H and O–H groups in total. The number of hydrogen-bond acceptors (Lipinski definition) is 3. The minimum absolute atomic E-state index is 0.390. The van der Waals surface area contributed by atoms with Gasteiger partial charge in [0, 0.05) is 6.54 Å². The lowest BCUT2D eigenvalue weighted by atomic mass is 10.1. The zero-order chi connectivity index (χ0) is 16.7. The van der Waals surface area contributed by atoms with E-state index in [2.05, 4.69) is 5.32 Å². The fourth-order valence-electron chi connectivity index (χ4n) is 1.95. The molecule has 23 heavy (non-hydrogen) atoms. The number of rotatable bonds is 6. The Morgan fingerprint density at radius 1 is 1.09 bits per heavy atom. The monoisotopic (exact) mass is 353 g/mol. The molecule has 2 aromatic carbocycles. The summed E-state index contributed by atoms with van der Waals surface area (Å²) in [4.78, 5) is 11.8. The SMILES string of the molecule is CCOc1ccccc1OC(=O)NCCc1ccc(Cl)c(Cl)c1. The number of halogens is 2. The van der Waals surface area contributed by atoms with Gasteiger partial charge in [-0.2, -0.15) is 0 Å². The number of hydrogen-bond donors (Lipinski definition) is 1. The van der Waals surface area contributed by atoms with Crippen molar-refractivity contribution in [1.82, 2.24) is 5.32 Å². The average molecular weight is 354 g/mol. The first-order chi connectivity index (χ1) is 11.1. The first-order valence-electron chi connectivity index (χ1n) is 7.21. The summed E-state index contributed by atoms with van der Waals surface area (Å²) >= 11 is 11.8. The van der Waals surface area contributed by atoms with E-state index >= 15 is 0 Å². The molecule has 0 fully saturated rings. The zero-order valence-corrected chi connectivity index (χ0v) is 14.2. The highest BCUT2D eigenvalue weighted by Gasteiger charge is 2.09. The van der Waals surface area contributed by atoms with Crippen LogP contribution in [0.2, 0.25) is 10.0 Å². The van der Waals surface area contributed by atoms with Gasteiger partial charge in [0.05, 0.1) is 16.7 Å². The summed E-state index contributed by atoms with van der Waals surface area (Å²) in [5, 5.41) is 3.70. The molecule has 0 aliphatic carbocycles. The van der Waals surface area contributed by atoms with Gasteiger partial charge in [-0.3, -0.25) is 0 Å². The maximum Gasteiger partial charge on any atom is 0.412 e. The second-order valence-electron chi connectivity index (χ2n) is 4.69. The molecule has 0 unspecified atom stereocenters. The number of nitrogens with one attached hydrogen (secondary N) is 1. The van der Waals surface area contributed by atoms with Crippen molar-refractivity contribution in [2.45, 2.75) is 13.3 Å². The molecule has 2 aromatic rings. The van der Waals surface area contributed by atoms with Crippen molar-refractivity contribution in [3.05, 3.63) is 58.1 Å². The zero-order valence-electron chi connectivity index (χ0n) is 12.6. The normalized spacial score (nSPS) is 10.2. The Kier molecular flexibility index (Phi) is 6.56. The molecule has 0 bridgehead atoms. The van der Waals surface area contributed by atoms with Gasteiger partial charge >= 0.3 is 6.09 Å². The number of carbonyl (C=O) groups is 1. The number of carbonyl (C=O) groups excluding carboxylic acids is 1. The Bertz CT molecular complexity index is 677. The van der Waals surface area contributed by atoms with Crippen molar-refractivity contribution in [2.24, 2.45) is 0 Å². The van der Waals surface area contributed by atoms with Gasteiger partial charge in [0.1, 0.15) is 0 Å². The van der Waals surface area contributed by atoms with Crippen LogP contribution >= 0.6 is 23.2 Å². The topological polar surface area (TPSA) is 47.6 Å². The number of amides is 1. The Hall–Kier alpha value is -1.91. The lowest BCUT2D eigenvalue weighted by molar-refractivity contribution is 0.197. The van der Waals surface area contributed by atoms with Crippen LogP contribution in [0.4, 0.5) is 4.79 Å². The van der Waals surface area contributed by atoms with E-state index < -0.39 is 6.09 Å². The molecule has 0 spiro atoms. The van der Waals surface area contributed by atoms with E-state index in [1.807, 2.05) is 19.1 Å². The first-order valence-corrected chi connectivity index (χ1v) is 7.97. The summed E-state index contributed by atoms with van der Waals surface area (Å²) in [5.74, 6) is 0.927. The molecule has 0 aliphatic heterocycles. The standard InChI is InChI=1S/C17H17Cl2NO3/c1-2-22-15-5-3-4-6-16(15)23-17(21)20-10-9-12-7-8-13(18)14(19)11-12/h3-8,11H,2,9-10H2,1H3,(H,20,21). The van der Waals surface area contributed by atoms with Crippen molar-refractivity contribution < 1.29 is 14.3 Å². The van der Waals surface area contributed by atoms with Crippen LogP contribution in [0.25, 0.3) is 0 Å². The maximum absolute atomic E-state index is 11.8. The third-order valence-electron chi connectivity index (χ3n) is 3.02. The molecule has 122 valence electrons. The van der Waals surface area contributed by atoms with Gasteiger partial charge in [-0.05, 0) is 43.2 Å². The van der Waals surface area contributed by atoms with Crippen LogP contribution in [-0.2, 0) is 6.42 Å². The van der Waals surface area contributed by atoms with E-state index in [1.54, 1.807) is 30.3 Å². The van der Waals surface area contributed by atoms with Gasteiger partial charge in [0.25, 0.3) is 0 Å². The Balaban J connectivity index is 1.84. The molecule has 4 nitrogen and oxygen atoms in total. The van der Waals surface area contributed by atoms with Crippen LogP contribution in [0.5, 0.6) is 11.5 Å². The second-order valence-corrected chi connectivity index (χ2v) is 5.51. The average Bonchev–Trinajstić information content (AvgIpc) is 2.53. The predicted molar refractivity (Wildman–Crippen MR) is 91.8 cm³/mol. The van der Waals surface area contributed by atoms with E-state index in [9.17, 15) is 4.79 Å². The van der Waals surface area contributed by atoms with Crippen LogP contribution in [0, 0.1) is 0 Å². The molecule has 0 atom stereocenters. The third-order valence-corrected chi connectivity index (χ3v) is 3.76. The van der Waals surface area contributed by atoms with E-state index in [-0.39, 0.29) is 0 Å². The van der Waals surface area contributed by atoms with E-state index in [4.69, 9.17) is 32.7 Å². The fourth-order valence-corrected chi connectivity index (χ4v) is 2.27. The molecule has 0 aromatic heterocycles. The smallest absolute Gasteiger partial charge is 0.412 e. The summed E-state index contributed by atoms with van der Waals surface area (Å²) in [7, 11) is 0. The van der Waals surface area contributed by atoms with Gasteiger partial charge in [-0.25, -0.2) is 4.79 Å². The molecular formula is C17H17Cl2NO3. The minimum atomic E-state index is -0.530. The highest BCUT2D eigenvalue weighted by Crippen LogP contribution is 2.26. The van der Waals surface area contributed by atoms with Gasteiger partial charge in [-0.1, -0.05) is 41.4 Å². The van der Waals surface area contributed by atoms with Crippen molar-refractivity contribution in [1.29, 1.82) is 0 Å². The molecule has 0 heterocycles. The van der Waals surface area contributed by atoms with E-state index in [1.165, 1.54) is 0 Å². The van der Waals surface area contributed by atoms with Crippen molar-refractivity contribution in [3.63, 3.8) is 0 Å². The molecule has 2 rings (SSSR count). The Morgan fingerprint density at radius 2 is 1.83 bits per heavy atom. The van der Waals surface area contributed by atoms with Gasteiger partial charge in [0.2, 0.25) is 0 Å². The highest BCUT2D eigenvalue weighted by atomic mass is 35.5. The van der Waals surface area contributed by atoms with E-state index in [0.29, 0.717) is 41.1 Å². The van der Waals surface area contributed by atoms with Crippen LogP contribution in [0.15, 0.2) is 42.5 Å². The largest absolute Gasteiger partial charge is 0.490 e.